The summed E-state index contributed by atoms with van der Waals surface area (Å²) in [5.41, 5.74) is 3.02. The first kappa shape index (κ1) is 20.0. The molecule has 0 fully saturated rings. The molecule has 28 heavy (non-hydrogen) atoms. The molecule has 2 heterocycles. The molecule has 0 aliphatic carbocycles. The Hall–Kier alpha value is -2.78. The van der Waals surface area contributed by atoms with Crippen molar-refractivity contribution in [2.75, 3.05) is 4.72 Å². The van der Waals surface area contributed by atoms with Crippen LogP contribution >= 0.6 is 11.3 Å². The Morgan fingerprint density at radius 3 is 2.50 bits per heavy atom. The van der Waals surface area contributed by atoms with E-state index < -0.39 is 10.0 Å². The molecule has 0 unspecified atom stereocenters. The number of sulfonamides is 1. The van der Waals surface area contributed by atoms with Crippen molar-refractivity contribution < 1.29 is 13.2 Å². The van der Waals surface area contributed by atoms with Crippen molar-refractivity contribution in [3.05, 3.63) is 70.0 Å². The first-order valence-electron chi connectivity index (χ1n) is 8.51. The van der Waals surface area contributed by atoms with Gasteiger partial charge in [-0.2, -0.15) is 0 Å². The standard InChI is InChI=1S/C19H20N4O3S2/c1-12-4-5-16(13(2)10-12)28(25,26)23-19-22-14(3)17(27-19)18(24)21-11-15-6-8-20-9-7-15/h4-10H,11H2,1-3H3,(H,21,24)(H,22,23). The van der Waals surface area contributed by atoms with E-state index in [0.29, 0.717) is 22.7 Å². The molecule has 3 aromatic rings. The summed E-state index contributed by atoms with van der Waals surface area (Å²) < 4.78 is 27.8. The highest BCUT2D eigenvalue weighted by molar-refractivity contribution is 7.93. The quantitative estimate of drug-likeness (QED) is 0.643. The molecular formula is C19H20N4O3S2. The van der Waals surface area contributed by atoms with Gasteiger partial charge in [0, 0.05) is 18.9 Å². The van der Waals surface area contributed by atoms with Crippen LogP contribution in [0.5, 0.6) is 0 Å². The van der Waals surface area contributed by atoms with Crippen LogP contribution in [0.25, 0.3) is 0 Å². The molecule has 1 amide bonds. The van der Waals surface area contributed by atoms with Crippen LogP contribution in [0, 0.1) is 20.8 Å². The van der Waals surface area contributed by atoms with Crippen LogP contribution in [0.4, 0.5) is 5.13 Å². The second-order valence-corrected chi connectivity index (χ2v) is 9.00. The number of carbonyl (C=O) groups is 1. The summed E-state index contributed by atoms with van der Waals surface area (Å²) in [7, 11) is -3.79. The molecule has 0 bridgehead atoms. The summed E-state index contributed by atoms with van der Waals surface area (Å²) >= 11 is 1.01. The molecule has 2 aromatic heterocycles. The van der Waals surface area contributed by atoms with Crippen molar-refractivity contribution in [3.8, 4) is 0 Å². The van der Waals surface area contributed by atoms with Crippen LogP contribution in [0.15, 0.2) is 47.6 Å². The third kappa shape index (κ3) is 4.55. The average Bonchev–Trinajstić information content (AvgIpc) is 2.99. The van der Waals surface area contributed by atoms with Gasteiger partial charge in [-0.05, 0) is 50.1 Å². The maximum Gasteiger partial charge on any atom is 0.263 e. The molecule has 0 radical (unpaired) electrons. The SMILES string of the molecule is Cc1ccc(S(=O)(=O)Nc2nc(C)c(C(=O)NCc3ccncc3)s2)c(C)c1. The molecule has 0 aliphatic heterocycles. The number of pyridine rings is 1. The summed E-state index contributed by atoms with van der Waals surface area (Å²) in [5, 5.41) is 2.96. The number of aryl methyl sites for hydroxylation is 3. The normalized spacial score (nSPS) is 11.2. The van der Waals surface area contributed by atoms with Crippen LogP contribution < -0.4 is 10.0 Å². The number of anilines is 1. The molecule has 3 rings (SSSR count). The van der Waals surface area contributed by atoms with E-state index in [-0.39, 0.29) is 15.9 Å². The van der Waals surface area contributed by atoms with Crippen molar-refractivity contribution in [1.82, 2.24) is 15.3 Å². The van der Waals surface area contributed by atoms with Gasteiger partial charge >= 0.3 is 0 Å². The van der Waals surface area contributed by atoms with E-state index in [1.54, 1.807) is 44.4 Å². The van der Waals surface area contributed by atoms with Gasteiger partial charge in [-0.15, -0.1) is 0 Å². The minimum atomic E-state index is -3.79. The molecule has 2 N–H and O–H groups in total. The summed E-state index contributed by atoms with van der Waals surface area (Å²) in [6.07, 6.45) is 3.30. The van der Waals surface area contributed by atoms with Gasteiger partial charge in [-0.25, -0.2) is 13.4 Å². The lowest BCUT2D eigenvalue weighted by atomic mass is 10.2. The lowest BCUT2D eigenvalue weighted by Gasteiger charge is -2.08. The van der Waals surface area contributed by atoms with Gasteiger partial charge in [0.25, 0.3) is 15.9 Å². The minimum Gasteiger partial charge on any atom is -0.347 e. The Bertz CT molecular complexity index is 1110. The highest BCUT2D eigenvalue weighted by Crippen LogP contribution is 2.26. The lowest BCUT2D eigenvalue weighted by Crippen LogP contribution is -2.22. The van der Waals surface area contributed by atoms with Gasteiger partial charge in [0.1, 0.15) is 4.88 Å². The molecule has 1 aromatic carbocycles. The number of hydrogen-bond acceptors (Lipinski definition) is 6. The minimum absolute atomic E-state index is 0.159. The predicted octanol–water partition coefficient (Wildman–Crippen LogP) is 3.19. The van der Waals surface area contributed by atoms with Crippen molar-refractivity contribution in [3.63, 3.8) is 0 Å². The molecule has 0 aliphatic rings. The highest BCUT2D eigenvalue weighted by Gasteiger charge is 2.21. The highest BCUT2D eigenvalue weighted by atomic mass is 32.2. The zero-order chi connectivity index (χ0) is 20.3. The molecule has 0 saturated heterocycles. The Kier molecular flexibility index (Phi) is 5.76. The van der Waals surface area contributed by atoms with E-state index >= 15 is 0 Å². The van der Waals surface area contributed by atoms with E-state index in [1.807, 2.05) is 19.1 Å². The fourth-order valence-corrected chi connectivity index (χ4v) is 5.03. The Labute approximate surface area is 167 Å². The number of nitrogens with zero attached hydrogens (tertiary/aromatic N) is 2. The smallest absolute Gasteiger partial charge is 0.263 e. The topological polar surface area (TPSA) is 101 Å². The number of thiazole rings is 1. The van der Waals surface area contributed by atoms with Crippen molar-refractivity contribution >= 4 is 32.4 Å². The van der Waals surface area contributed by atoms with Crippen LogP contribution in [-0.2, 0) is 16.6 Å². The molecule has 0 spiro atoms. The van der Waals surface area contributed by atoms with Gasteiger partial charge in [0.15, 0.2) is 5.13 Å². The second-order valence-electron chi connectivity index (χ2n) is 6.35. The number of amides is 1. The van der Waals surface area contributed by atoms with E-state index in [0.717, 1.165) is 22.5 Å². The predicted molar refractivity (Wildman–Crippen MR) is 109 cm³/mol. The largest absolute Gasteiger partial charge is 0.347 e. The van der Waals surface area contributed by atoms with Gasteiger partial charge in [-0.1, -0.05) is 29.0 Å². The fourth-order valence-electron chi connectivity index (χ4n) is 2.68. The third-order valence-corrected chi connectivity index (χ3v) is 6.75. The van der Waals surface area contributed by atoms with E-state index in [2.05, 4.69) is 20.0 Å². The fraction of sp³-hybridized carbons (Fsp3) is 0.211. The van der Waals surface area contributed by atoms with E-state index in [9.17, 15) is 13.2 Å². The van der Waals surface area contributed by atoms with Crippen LogP contribution in [-0.4, -0.2) is 24.3 Å². The molecular weight excluding hydrogens is 396 g/mol. The maximum atomic E-state index is 12.7. The molecule has 146 valence electrons. The first-order chi connectivity index (χ1) is 13.3. The van der Waals surface area contributed by atoms with Crippen LogP contribution in [0.3, 0.4) is 0 Å². The average molecular weight is 417 g/mol. The number of aromatic nitrogens is 2. The Morgan fingerprint density at radius 2 is 1.82 bits per heavy atom. The van der Waals surface area contributed by atoms with E-state index in [1.165, 1.54) is 0 Å². The number of benzene rings is 1. The Morgan fingerprint density at radius 1 is 1.11 bits per heavy atom. The zero-order valence-corrected chi connectivity index (χ0v) is 17.3. The summed E-state index contributed by atoms with van der Waals surface area (Å²) in [5.74, 6) is -0.302. The lowest BCUT2D eigenvalue weighted by molar-refractivity contribution is 0.0954. The molecule has 9 heteroatoms. The van der Waals surface area contributed by atoms with Crippen molar-refractivity contribution in [2.24, 2.45) is 0 Å². The van der Waals surface area contributed by atoms with Crippen LogP contribution in [0.2, 0.25) is 0 Å². The van der Waals surface area contributed by atoms with Gasteiger partial charge in [0.2, 0.25) is 0 Å². The summed E-state index contributed by atoms with van der Waals surface area (Å²) in [6.45, 7) is 5.67. The Balaban J connectivity index is 1.75. The van der Waals surface area contributed by atoms with Gasteiger partial charge in [-0.3, -0.25) is 14.5 Å². The van der Waals surface area contributed by atoms with Crippen molar-refractivity contribution in [1.29, 1.82) is 0 Å². The third-order valence-electron chi connectivity index (χ3n) is 4.05. The monoisotopic (exact) mass is 416 g/mol. The molecule has 0 saturated carbocycles. The second kappa shape index (κ2) is 8.07. The summed E-state index contributed by atoms with van der Waals surface area (Å²) in [6, 6.07) is 8.73. The maximum absolute atomic E-state index is 12.7. The van der Waals surface area contributed by atoms with Gasteiger partial charge in [0.05, 0.1) is 10.6 Å². The number of hydrogen-bond donors (Lipinski definition) is 2. The molecule has 0 atom stereocenters. The number of carbonyl (C=O) groups excluding carboxylic acids is 1. The van der Waals surface area contributed by atoms with Crippen LogP contribution in [0.1, 0.15) is 32.1 Å². The van der Waals surface area contributed by atoms with Gasteiger partial charge < -0.3 is 5.32 Å². The number of rotatable bonds is 6. The zero-order valence-electron chi connectivity index (χ0n) is 15.7. The summed E-state index contributed by atoms with van der Waals surface area (Å²) in [4.78, 5) is 21.1. The van der Waals surface area contributed by atoms with E-state index in [4.69, 9.17) is 0 Å². The first-order valence-corrected chi connectivity index (χ1v) is 10.8. The molecule has 7 nitrogen and oxygen atoms in total. The number of nitrogens with one attached hydrogen (secondary N) is 2. The van der Waals surface area contributed by atoms with Crippen molar-refractivity contribution in [2.45, 2.75) is 32.2 Å².